The van der Waals surface area contributed by atoms with Crippen LogP contribution in [0.4, 0.5) is 0 Å². The van der Waals surface area contributed by atoms with Crippen LogP contribution in [-0.4, -0.2) is 28.0 Å². The van der Waals surface area contributed by atoms with E-state index in [9.17, 15) is 4.79 Å². The molecule has 5 nitrogen and oxygen atoms in total. The van der Waals surface area contributed by atoms with Crippen LogP contribution in [0.25, 0.3) is 0 Å². The van der Waals surface area contributed by atoms with E-state index >= 15 is 0 Å². The number of nitrogens with one attached hydrogen (secondary N) is 1. The van der Waals surface area contributed by atoms with Gasteiger partial charge in [-0.2, -0.15) is 0 Å². The Morgan fingerprint density at radius 3 is 3.05 bits per heavy atom. The van der Waals surface area contributed by atoms with Gasteiger partial charge in [-0.05, 0) is 31.7 Å². The number of nitrogens with zero attached hydrogens (tertiary/aromatic N) is 2. The Morgan fingerprint density at radius 1 is 1.58 bits per heavy atom. The summed E-state index contributed by atoms with van der Waals surface area (Å²) in [4.78, 5) is 16.1. The lowest BCUT2D eigenvalue weighted by Crippen LogP contribution is -2.39. The lowest BCUT2D eigenvalue weighted by molar-refractivity contribution is -0.122. The molecule has 1 fully saturated rings. The second-order valence-corrected chi connectivity index (χ2v) is 5.40. The van der Waals surface area contributed by atoms with E-state index in [0.29, 0.717) is 24.9 Å². The zero-order valence-electron chi connectivity index (χ0n) is 11.6. The molecular formula is C14H24N4O. The molecule has 1 aromatic heterocycles. The Balaban J connectivity index is 1.89. The van der Waals surface area contributed by atoms with Crippen molar-refractivity contribution in [1.82, 2.24) is 14.9 Å². The van der Waals surface area contributed by atoms with Crippen molar-refractivity contribution >= 4 is 5.91 Å². The molecule has 3 unspecified atom stereocenters. The number of imidazole rings is 1. The molecular weight excluding hydrogens is 240 g/mol. The molecule has 0 bridgehead atoms. The summed E-state index contributed by atoms with van der Waals surface area (Å²) in [7, 11) is 0. The van der Waals surface area contributed by atoms with Crippen molar-refractivity contribution in [1.29, 1.82) is 0 Å². The van der Waals surface area contributed by atoms with E-state index in [-0.39, 0.29) is 11.9 Å². The molecule has 3 atom stereocenters. The average molecular weight is 264 g/mol. The van der Waals surface area contributed by atoms with Crippen LogP contribution in [0, 0.1) is 5.92 Å². The normalized spacial score (nSPS) is 24.3. The predicted octanol–water partition coefficient (Wildman–Crippen LogP) is 1.47. The summed E-state index contributed by atoms with van der Waals surface area (Å²) in [5.74, 6) is 0.433. The summed E-state index contributed by atoms with van der Waals surface area (Å²) in [5, 5.41) is 3.17. The Hall–Kier alpha value is -1.36. The van der Waals surface area contributed by atoms with Crippen molar-refractivity contribution in [3.05, 3.63) is 18.7 Å². The van der Waals surface area contributed by atoms with Crippen LogP contribution in [-0.2, 0) is 4.79 Å². The molecule has 1 aliphatic carbocycles. The molecule has 19 heavy (non-hydrogen) atoms. The van der Waals surface area contributed by atoms with Crippen molar-refractivity contribution in [2.45, 2.75) is 51.1 Å². The number of carbonyl (C=O) groups excluding carboxylic acids is 1. The molecule has 0 radical (unpaired) electrons. The third kappa shape index (κ3) is 3.56. The Kier molecular flexibility index (Phi) is 4.96. The fourth-order valence-corrected chi connectivity index (χ4v) is 2.85. The van der Waals surface area contributed by atoms with Crippen LogP contribution >= 0.6 is 0 Å². The first kappa shape index (κ1) is 14.1. The number of hydrogen-bond acceptors (Lipinski definition) is 3. The van der Waals surface area contributed by atoms with Gasteiger partial charge >= 0.3 is 0 Å². The zero-order chi connectivity index (χ0) is 13.7. The molecule has 1 amide bonds. The highest BCUT2D eigenvalue weighted by atomic mass is 16.1. The molecule has 2 rings (SSSR count). The van der Waals surface area contributed by atoms with Crippen LogP contribution in [0.15, 0.2) is 18.7 Å². The van der Waals surface area contributed by atoms with Crippen LogP contribution in [0.5, 0.6) is 0 Å². The highest BCUT2D eigenvalue weighted by Crippen LogP contribution is 2.30. The monoisotopic (exact) mass is 264 g/mol. The second-order valence-electron chi connectivity index (χ2n) is 5.40. The van der Waals surface area contributed by atoms with Gasteiger partial charge in [0.15, 0.2) is 0 Å². The summed E-state index contributed by atoms with van der Waals surface area (Å²) >= 11 is 0. The first-order chi connectivity index (χ1) is 9.24. The maximum atomic E-state index is 12.1. The van der Waals surface area contributed by atoms with E-state index in [1.807, 2.05) is 12.5 Å². The van der Waals surface area contributed by atoms with Crippen molar-refractivity contribution in [2.24, 2.45) is 11.7 Å². The first-order valence-electron chi connectivity index (χ1n) is 7.21. The fourth-order valence-electron chi connectivity index (χ4n) is 2.85. The third-order valence-corrected chi connectivity index (χ3v) is 4.12. The number of amides is 1. The molecule has 1 aromatic rings. The molecule has 1 heterocycles. The van der Waals surface area contributed by atoms with E-state index in [0.717, 1.165) is 25.7 Å². The Morgan fingerprint density at radius 2 is 2.42 bits per heavy atom. The fraction of sp³-hybridized carbons (Fsp3) is 0.714. The SMILES string of the molecule is CCC(CN)CC(=O)NC1CCCC1n1ccnc1. The summed E-state index contributed by atoms with van der Waals surface area (Å²) in [6.45, 7) is 2.66. The van der Waals surface area contributed by atoms with Gasteiger partial charge in [-0.1, -0.05) is 13.3 Å². The minimum Gasteiger partial charge on any atom is -0.351 e. The molecule has 1 aliphatic rings. The van der Waals surface area contributed by atoms with Crippen LogP contribution in [0.2, 0.25) is 0 Å². The van der Waals surface area contributed by atoms with Gasteiger partial charge in [0.2, 0.25) is 5.91 Å². The Labute approximate surface area is 114 Å². The largest absolute Gasteiger partial charge is 0.351 e. The zero-order valence-corrected chi connectivity index (χ0v) is 11.6. The van der Waals surface area contributed by atoms with Gasteiger partial charge in [-0.15, -0.1) is 0 Å². The molecule has 106 valence electrons. The topological polar surface area (TPSA) is 72.9 Å². The second kappa shape index (κ2) is 6.70. The van der Waals surface area contributed by atoms with Gasteiger partial charge in [0, 0.05) is 24.9 Å². The van der Waals surface area contributed by atoms with Gasteiger partial charge < -0.3 is 15.6 Å². The lowest BCUT2D eigenvalue weighted by atomic mass is 10.0. The molecule has 0 saturated heterocycles. The van der Waals surface area contributed by atoms with Gasteiger partial charge in [-0.3, -0.25) is 4.79 Å². The number of rotatable bonds is 6. The smallest absolute Gasteiger partial charge is 0.220 e. The van der Waals surface area contributed by atoms with E-state index in [4.69, 9.17) is 5.73 Å². The minimum absolute atomic E-state index is 0.134. The quantitative estimate of drug-likeness (QED) is 0.817. The maximum Gasteiger partial charge on any atom is 0.220 e. The maximum absolute atomic E-state index is 12.1. The standard InChI is InChI=1S/C14H24N4O/c1-2-11(9-15)8-14(19)17-12-4-3-5-13(12)18-7-6-16-10-18/h6-7,10-13H,2-5,8-9,15H2,1H3,(H,17,19). The summed E-state index contributed by atoms with van der Waals surface area (Å²) < 4.78 is 2.11. The molecule has 0 aromatic carbocycles. The number of nitrogens with two attached hydrogens (primary N) is 1. The van der Waals surface area contributed by atoms with Crippen LogP contribution in [0.3, 0.4) is 0 Å². The van der Waals surface area contributed by atoms with Gasteiger partial charge in [-0.25, -0.2) is 4.98 Å². The van der Waals surface area contributed by atoms with E-state index < -0.39 is 0 Å². The van der Waals surface area contributed by atoms with Crippen molar-refractivity contribution in [3.8, 4) is 0 Å². The molecule has 3 N–H and O–H groups in total. The summed E-state index contributed by atoms with van der Waals surface area (Å²) in [5.41, 5.74) is 5.65. The van der Waals surface area contributed by atoms with Crippen LogP contribution < -0.4 is 11.1 Å². The first-order valence-corrected chi connectivity index (χ1v) is 7.21. The van der Waals surface area contributed by atoms with Gasteiger partial charge in [0.05, 0.1) is 12.4 Å². The van der Waals surface area contributed by atoms with Crippen LogP contribution in [0.1, 0.15) is 45.1 Å². The highest BCUT2D eigenvalue weighted by molar-refractivity contribution is 5.76. The summed E-state index contributed by atoms with van der Waals surface area (Å²) in [6.07, 6.45) is 10.4. The highest BCUT2D eigenvalue weighted by Gasteiger charge is 2.29. The van der Waals surface area contributed by atoms with Gasteiger partial charge in [0.25, 0.3) is 0 Å². The number of aromatic nitrogens is 2. The molecule has 5 heteroatoms. The number of carbonyl (C=O) groups is 1. The molecule has 1 saturated carbocycles. The lowest BCUT2D eigenvalue weighted by Gasteiger charge is -2.23. The van der Waals surface area contributed by atoms with E-state index in [1.54, 1.807) is 6.20 Å². The Bertz CT molecular complexity index is 386. The van der Waals surface area contributed by atoms with Crippen molar-refractivity contribution in [2.75, 3.05) is 6.54 Å². The third-order valence-electron chi connectivity index (χ3n) is 4.12. The minimum atomic E-state index is 0.134. The van der Waals surface area contributed by atoms with Crippen molar-refractivity contribution in [3.63, 3.8) is 0 Å². The average Bonchev–Trinajstić information content (AvgIpc) is 3.05. The molecule has 0 spiro atoms. The molecule has 0 aliphatic heterocycles. The summed E-state index contributed by atoms with van der Waals surface area (Å²) in [6, 6.07) is 0.585. The number of hydrogen-bond donors (Lipinski definition) is 2. The van der Waals surface area contributed by atoms with E-state index in [1.165, 1.54) is 0 Å². The van der Waals surface area contributed by atoms with E-state index in [2.05, 4.69) is 21.8 Å². The van der Waals surface area contributed by atoms with Gasteiger partial charge in [0.1, 0.15) is 0 Å². The predicted molar refractivity (Wildman–Crippen MR) is 74.5 cm³/mol. The van der Waals surface area contributed by atoms with Crippen molar-refractivity contribution < 1.29 is 4.79 Å².